The molecule has 0 aliphatic heterocycles. The standard InChI is InChI=1S/C24H23N5OS/c1-16-22(31-17(2)27-16)21-12-14-26-24(29-21)28-20-10-6-7-18(15-20)11-13-25-23(30)19-8-4-3-5-9-19/h3-10,12,14-15H,11,13H2,1-2H3,(H,25,30)(H,26,28,29). The van der Waals surface area contributed by atoms with Gasteiger partial charge in [0.15, 0.2) is 0 Å². The summed E-state index contributed by atoms with van der Waals surface area (Å²) in [4.78, 5) is 26.7. The summed E-state index contributed by atoms with van der Waals surface area (Å²) in [5, 5.41) is 7.26. The zero-order valence-electron chi connectivity index (χ0n) is 17.4. The molecule has 0 aliphatic carbocycles. The smallest absolute Gasteiger partial charge is 0.251 e. The Labute approximate surface area is 185 Å². The molecule has 0 saturated heterocycles. The normalized spacial score (nSPS) is 10.6. The summed E-state index contributed by atoms with van der Waals surface area (Å²) in [5.74, 6) is 0.478. The number of aryl methyl sites for hydroxylation is 2. The fourth-order valence-electron chi connectivity index (χ4n) is 3.26. The zero-order chi connectivity index (χ0) is 21.6. The van der Waals surface area contributed by atoms with Crippen molar-refractivity contribution in [3.8, 4) is 10.6 Å². The highest BCUT2D eigenvalue weighted by Gasteiger charge is 2.10. The molecular formula is C24H23N5OS. The van der Waals surface area contributed by atoms with E-state index in [0.717, 1.165) is 38.9 Å². The average Bonchev–Trinajstić information content (AvgIpc) is 3.13. The number of carbonyl (C=O) groups is 1. The van der Waals surface area contributed by atoms with Crippen LogP contribution in [0.4, 0.5) is 11.6 Å². The van der Waals surface area contributed by atoms with Gasteiger partial charge >= 0.3 is 0 Å². The maximum atomic E-state index is 12.2. The van der Waals surface area contributed by atoms with Crippen LogP contribution in [0, 0.1) is 13.8 Å². The second-order valence-electron chi connectivity index (χ2n) is 7.11. The van der Waals surface area contributed by atoms with Crippen molar-refractivity contribution in [1.82, 2.24) is 20.3 Å². The van der Waals surface area contributed by atoms with Gasteiger partial charge in [0.05, 0.1) is 21.3 Å². The van der Waals surface area contributed by atoms with Crippen molar-refractivity contribution in [3.05, 3.63) is 88.7 Å². The molecule has 0 radical (unpaired) electrons. The maximum absolute atomic E-state index is 12.2. The lowest BCUT2D eigenvalue weighted by atomic mass is 10.1. The van der Waals surface area contributed by atoms with Gasteiger partial charge in [-0.3, -0.25) is 4.79 Å². The Bertz CT molecular complexity index is 1190. The molecule has 2 aromatic carbocycles. The van der Waals surface area contributed by atoms with Crippen LogP contribution in [0.15, 0.2) is 66.9 Å². The lowest BCUT2D eigenvalue weighted by Crippen LogP contribution is -2.25. The van der Waals surface area contributed by atoms with E-state index in [4.69, 9.17) is 0 Å². The van der Waals surface area contributed by atoms with Crippen molar-refractivity contribution < 1.29 is 4.79 Å². The molecular weight excluding hydrogens is 406 g/mol. The van der Waals surface area contributed by atoms with Crippen LogP contribution in [0.2, 0.25) is 0 Å². The predicted octanol–water partition coefficient (Wildman–Crippen LogP) is 4.93. The number of benzene rings is 2. The number of amides is 1. The summed E-state index contributed by atoms with van der Waals surface area (Å²) in [6.07, 6.45) is 2.48. The van der Waals surface area contributed by atoms with Crippen LogP contribution in [0.25, 0.3) is 10.6 Å². The number of hydrogen-bond donors (Lipinski definition) is 2. The van der Waals surface area contributed by atoms with Gasteiger partial charge in [-0.05, 0) is 56.2 Å². The highest BCUT2D eigenvalue weighted by molar-refractivity contribution is 7.15. The molecule has 2 N–H and O–H groups in total. The average molecular weight is 430 g/mol. The summed E-state index contributed by atoms with van der Waals surface area (Å²) >= 11 is 1.63. The third-order valence-corrected chi connectivity index (χ3v) is 5.81. The molecule has 4 aromatic rings. The summed E-state index contributed by atoms with van der Waals surface area (Å²) in [6.45, 7) is 4.55. The number of nitrogens with zero attached hydrogens (tertiary/aromatic N) is 3. The monoisotopic (exact) mass is 429 g/mol. The van der Waals surface area contributed by atoms with Gasteiger partial charge in [-0.25, -0.2) is 15.0 Å². The van der Waals surface area contributed by atoms with Crippen molar-refractivity contribution >= 4 is 28.9 Å². The van der Waals surface area contributed by atoms with Gasteiger partial charge in [0.2, 0.25) is 5.95 Å². The van der Waals surface area contributed by atoms with Crippen LogP contribution in [0.5, 0.6) is 0 Å². The van der Waals surface area contributed by atoms with E-state index in [0.29, 0.717) is 18.1 Å². The van der Waals surface area contributed by atoms with Crippen molar-refractivity contribution in [2.75, 3.05) is 11.9 Å². The van der Waals surface area contributed by atoms with Gasteiger partial charge < -0.3 is 10.6 Å². The number of rotatable bonds is 7. The molecule has 0 spiro atoms. The molecule has 0 saturated carbocycles. The SMILES string of the molecule is Cc1nc(C)c(-c2ccnc(Nc3cccc(CCNC(=O)c4ccccc4)c3)n2)s1. The van der Waals surface area contributed by atoms with Crippen molar-refractivity contribution in [2.45, 2.75) is 20.3 Å². The van der Waals surface area contributed by atoms with Crippen LogP contribution in [0.1, 0.15) is 26.6 Å². The minimum atomic E-state index is -0.0614. The van der Waals surface area contributed by atoms with Gasteiger partial charge in [-0.1, -0.05) is 30.3 Å². The van der Waals surface area contributed by atoms with E-state index in [2.05, 4.69) is 25.6 Å². The summed E-state index contributed by atoms with van der Waals surface area (Å²) in [7, 11) is 0. The third kappa shape index (κ3) is 5.32. The number of anilines is 2. The first-order valence-corrected chi connectivity index (χ1v) is 10.9. The fourth-order valence-corrected chi connectivity index (χ4v) is 4.15. The van der Waals surface area contributed by atoms with Crippen LogP contribution in [0.3, 0.4) is 0 Å². The third-order valence-electron chi connectivity index (χ3n) is 4.71. The van der Waals surface area contributed by atoms with Crippen molar-refractivity contribution in [2.24, 2.45) is 0 Å². The Morgan fingerprint density at radius 2 is 1.84 bits per heavy atom. The van der Waals surface area contributed by atoms with E-state index >= 15 is 0 Å². The van der Waals surface area contributed by atoms with Crippen LogP contribution >= 0.6 is 11.3 Å². The number of thiazole rings is 1. The summed E-state index contributed by atoms with van der Waals surface area (Å²) < 4.78 is 0. The van der Waals surface area contributed by atoms with E-state index < -0.39 is 0 Å². The first kappa shape index (κ1) is 20.7. The molecule has 0 bridgehead atoms. The number of aromatic nitrogens is 3. The minimum absolute atomic E-state index is 0.0614. The molecule has 0 unspecified atom stereocenters. The number of nitrogens with one attached hydrogen (secondary N) is 2. The van der Waals surface area contributed by atoms with Gasteiger partial charge in [-0.2, -0.15) is 0 Å². The minimum Gasteiger partial charge on any atom is -0.352 e. The molecule has 2 heterocycles. The van der Waals surface area contributed by atoms with Crippen LogP contribution < -0.4 is 10.6 Å². The molecule has 31 heavy (non-hydrogen) atoms. The second kappa shape index (κ2) is 9.49. The first-order chi connectivity index (χ1) is 15.1. The molecule has 156 valence electrons. The van der Waals surface area contributed by atoms with Crippen molar-refractivity contribution in [3.63, 3.8) is 0 Å². The van der Waals surface area contributed by atoms with Gasteiger partial charge in [0.1, 0.15) is 0 Å². The highest BCUT2D eigenvalue weighted by atomic mass is 32.1. The Morgan fingerprint density at radius 1 is 1.00 bits per heavy atom. The molecule has 0 fully saturated rings. The first-order valence-electron chi connectivity index (χ1n) is 10.0. The summed E-state index contributed by atoms with van der Waals surface area (Å²) in [5.41, 5.74) is 4.53. The topological polar surface area (TPSA) is 79.8 Å². The van der Waals surface area contributed by atoms with Crippen LogP contribution in [-0.2, 0) is 6.42 Å². The van der Waals surface area contributed by atoms with Gasteiger partial charge in [0, 0.05) is 24.0 Å². The Morgan fingerprint density at radius 3 is 2.61 bits per heavy atom. The van der Waals surface area contributed by atoms with E-state index in [1.165, 1.54) is 0 Å². The molecule has 6 nitrogen and oxygen atoms in total. The molecule has 4 rings (SSSR count). The molecule has 0 aliphatic rings. The Balaban J connectivity index is 1.39. The largest absolute Gasteiger partial charge is 0.352 e. The lowest BCUT2D eigenvalue weighted by Gasteiger charge is -2.09. The Kier molecular flexibility index (Phi) is 6.33. The van der Waals surface area contributed by atoms with E-state index in [1.807, 2.05) is 74.5 Å². The van der Waals surface area contributed by atoms with Crippen LogP contribution in [-0.4, -0.2) is 27.4 Å². The second-order valence-corrected chi connectivity index (χ2v) is 8.31. The number of hydrogen-bond acceptors (Lipinski definition) is 6. The molecule has 2 aromatic heterocycles. The van der Waals surface area contributed by atoms with Crippen molar-refractivity contribution in [1.29, 1.82) is 0 Å². The maximum Gasteiger partial charge on any atom is 0.251 e. The summed E-state index contributed by atoms with van der Waals surface area (Å²) in [6, 6.07) is 19.2. The zero-order valence-corrected chi connectivity index (χ0v) is 18.2. The van der Waals surface area contributed by atoms with E-state index in [9.17, 15) is 4.79 Å². The Hall–Kier alpha value is -3.58. The number of carbonyl (C=O) groups excluding carboxylic acids is 1. The van der Waals surface area contributed by atoms with Gasteiger partial charge in [-0.15, -0.1) is 11.3 Å². The predicted molar refractivity (Wildman–Crippen MR) is 125 cm³/mol. The quantitative estimate of drug-likeness (QED) is 0.435. The molecule has 0 atom stereocenters. The highest BCUT2D eigenvalue weighted by Crippen LogP contribution is 2.28. The molecule has 7 heteroatoms. The van der Waals surface area contributed by atoms with E-state index in [1.54, 1.807) is 17.5 Å². The molecule has 1 amide bonds. The van der Waals surface area contributed by atoms with Gasteiger partial charge in [0.25, 0.3) is 5.91 Å². The lowest BCUT2D eigenvalue weighted by molar-refractivity contribution is 0.0954. The van der Waals surface area contributed by atoms with E-state index in [-0.39, 0.29) is 5.91 Å². The fraction of sp³-hybridized carbons (Fsp3) is 0.167.